The van der Waals surface area contributed by atoms with Gasteiger partial charge in [0.05, 0.1) is 43.0 Å². The van der Waals surface area contributed by atoms with E-state index in [4.69, 9.17) is 14.6 Å². The van der Waals surface area contributed by atoms with Crippen LogP contribution < -0.4 is 4.74 Å². The van der Waals surface area contributed by atoms with E-state index in [1.54, 1.807) is 6.20 Å². The molecule has 2 heterocycles. The molecule has 2 fully saturated rings. The summed E-state index contributed by atoms with van der Waals surface area (Å²) in [7, 11) is 1.41. The molecule has 2 aliphatic carbocycles. The number of ether oxygens (including phenoxy) is 2. The van der Waals surface area contributed by atoms with E-state index in [9.17, 15) is 4.79 Å². The molecule has 8 nitrogen and oxygen atoms in total. The molecule has 7 rings (SSSR count). The number of esters is 1. The standard InChI is InChI=1S/C37H39N5O3/c1-25(27-13-7-4-8-14-27)45-31-18-10-16-29(20-31)28-15-9-17-30(19-28)42-36(34(22-38-42)37(43)44-2)33-21-32(33)35-24-41(40-39-35)23-26-11-5-3-6-12-26/h3,5-6,9-12,15-20,22,24-25,27,32-33H,4,7-8,13-14,21,23H2,1-2H3/t25?,32-,33-/m1/s1. The number of hydrogen-bond acceptors (Lipinski definition) is 6. The zero-order valence-electron chi connectivity index (χ0n) is 25.9. The van der Waals surface area contributed by atoms with Gasteiger partial charge >= 0.3 is 5.97 Å². The van der Waals surface area contributed by atoms with Crippen molar-refractivity contribution in [2.75, 3.05) is 7.11 Å². The third-order valence-corrected chi connectivity index (χ3v) is 9.37. The monoisotopic (exact) mass is 601 g/mol. The molecule has 5 aromatic rings. The summed E-state index contributed by atoms with van der Waals surface area (Å²) in [5.41, 5.74) is 6.44. The molecule has 2 aromatic heterocycles. The van der Waals surface area contributed by atoms with Crippen molar-refractivity contribution in [3.63, 3.8) is 0 Å². The van der Waals surface area contributed by atoms with Gasteiger partial charge in [-0.05, 0) is 73.1 Å². The predicted octanol–water partition coefficient (Wildman–Crippen LogP) is 7.58. The molecule has 0 spiro atoms. The molecule has 2 saturated carbocycles. The SMILES string of the molecule is COC(=O)c1cnn(-c2cccc(-c3cccc(OC(C)C4CCCCC4)c3)c2)c1[C@@H]1C[C@H]1c1cn(Cc2ccccc2)nn1. The zero-order valence-corrected chi connectivity index (χ0v) is 25.9. The summed E-state index contributed by atoms with van der Waals surface area (Å²) in [5.74, 6) is 1.35. The molecular weight excluding hydrogens is 562 g/mol. The number of methoxy groups -OCH3 is 1. The number of aromatic nitrogens is 5. The Hall–Kier alpha value is -4.72. The van der Waals surface area contributed by atoms with Gasteiger partial charge in [-0.3, -0.25) is 0 Å². The summed E-state index contributed by atoms with van der Waals surface area (Å²) in [6.07, 6.45) is 11.1. The number of hydrogen-bond donors (Lipinski definition) is 0. The summed E-state index contributed by atoms with van der Waals surface area (Å²) >= 11 is 0. The van der Waals surface area contributed by atoms with Crippen LogP contribution in [0.2, 0.25) is 0 Å². The molecule has 0 N–H and O–H groups in total. The fourth-order valence-electron chi connectivity index (χ4n) is 6.82. The second-order valence-corrected chi connectivity index (χ2v) is 12.4. The quantitative estimate of drug-likeness (QED) is 0.153. The van der Waals surface area contributed by atoms with Gasteiger partial charge in [0.1, 0.15) is 11.3 Å². The Bertz CT molecular complexity index is 1770. The van der Waals surface area contributed by atoms with Crippen LogP contribution in [0.4, 0.5) is 0 Å². The first-order valence-corrected chi connectivity index (χ1v) is 16.0. The van der Waals surface area contributed by atoms with E-state index in [1.807, 2.05) is 52.0 Å². The first-order valence-electron chi connectivity index (χ1n) is 16.0. The lowest BCUT2D eigenvalue weighted by atomic mass is 9.86. The topological polar surface area (TPSA) is 84.1 Å². The normalized spacial score (nSPS) is 18.8. The van der Waals surface area contributed by atoms with E-state index in [1.165, 1.54) is 44.8 Å². The number of benzene rings is 3. The molecule has 2 aliphatic rings. The summed E-state index contributed by atoms with van der Waals surface area (Å²) in [5, 5.41) is 13.6. The Morgan fingerprint density at radius 1 is 0.933 bits per heavy atom. The second-order valence-electron chi connectivity index (χ2n) is 12.4. The molecule has 3 atom stereocenters. The van der Waals surface area contributed by atoms with Crippen molar-refractivity contribution in [3.8, 4) is 22.6 Å². The summed E-state index contributed by atoms with van der Waals surface area (Å²) in [6, 6.07) is 26.8. The van der Waals surface area contributed by atoms with Gasteiger partial charge in [0.2, 0.25) is 0 Å². The average Bonchev–Trinajstić information content (AvgIpc) is 3.51. The number of carbonyl (C=O) groups is 1. The molecule has 8 heteroatoms. The fraction of sp³-hybridized carbons (Fsp3) is 0.351. The summed E-state index contributed by atoms with van der Waals surface area (Å²) in [6.45, 7) is 2.87. The fourth-order valence-corrected chi connectivity index (χ4v) is 6.82. The maximum Gasteiger partial charge on any atom is 0.341 e. The minimum atomic E-state index is -0.386. The smallest absolute Gasteiger partial charge is 0.341 e. The van der Waals surface area contributed by atoms with Gasteiger partial charge in [0.25, 0.3) is 0 Å². The Morgan fingerprint density at radius 2 is 1.71 bits per heavy atom. The van der Waals surface area contributed by atoms with Crippen LogP contribution in [0.3, 0.4) is 0 Å². The highest BCUT2D eigenvalue weighted by Gasteiger charge is 2.46. The number of nitrogens with zero attached hydrogens (tertiary/aromatic N) is 5. The summed E-state index contributed by atoms with van der Waals surface area (Å²) < 4.78 is 15.4. The van der Waals surface area contributed by atoms with E-state index in [0.29, 0.717) is 18.0 Å². The van der Waals surface area contributed by atoms with Gasteiger partial charge in [-0.25, -0.2) is 14.2 Å². The Balaban J connectivity index is 1.14. The van der Waals surface area contributed by atoms with Crippen LogP contribution in [0.5, 0.6) is 5.75 Å². The van der Waals surface area contributed by atoms with E-state index in [-0.39, 0.29) is 23.9 Å². The van der Waals surface area contributed by atoms with Crippen molar-refractivity contribution in [1.82, 2.24) is 24.8 Å². The van der Waals surface area contributed by atoms with Crippen LogP contribution in [-0.4, -0.2) is 44.0 Å². The van der Waals surface area contributed by atoms with Gasteiger partial charge in [-0.1, -0.05) is 79.1 Å². The van der Waals surface area contributed by atoms with Crippen LogP contribution in [0, 0.1) is 5.92 Å². The number of carbonyl (C=O) groups excluding carboxylic acids is 1. The van der Waals surface area contributed by atoms with Crippen LogP contribution >= 0.6 is 0 Å². The first-order chi connectivity index (χ1) is 22.1. The third kappa shape index (κ3) is 6.27. The van der Waals surface area contributed by atoms with E-state index >= 15 is 0 Å². The van der Waals surface area contributed by atoms with Crippen molar-refractivity contribution in [1.29, 1.82) is 0 Å². The molecule has 0 bridgehead atoms. The van der Waals surface area contributed by atoms with Crippen LogP contribution in [0.25, 0.3) is 16.8 Å². The Kier molecular flexibility index (Phi) is 8.20. The number of rotatable bonds is 10. The summed E-state index contributed by atoms with van der Waals surface area (Å²) in [4.78, 5) is 12.9. The van der Waals surface area contributed by atoms with Gasteiger partial charge < -0.3 is 9.47 Å². The van der Waals surface area contributed by atoms with Crippen molar-refractivity contribution in [2.24, 2.45) is 5.92 Å². The maximum atomic E-state index is 12.9. The van der Waals surface area contributed by atoms with Gasteiger partial charge in [-0.2, -0.15) is 5.10 Å². The molecule has 1 unspecified atom stereocenters. The molecule has 3 aromatic carbocycles. The first kappa shape index (κ1) is 29.0. The molecule has 0 radical (unpaired) electrons. The largest absolute Gasteiger partial charge is 0.490 e. The van der Waals surface area contributed by atoms with Crippen molar-refractivity contribution < 1.29 is 14.3 Å². The molecular formula is C37H39N5O3. The zero-order chi connectivity index (χ0) is 30.8. The Labute approximate surface area is 264 Å². The van der Waals surface area contributed by atoms with E-state index < -0.39 is 0 Å². The van der Waals surface area contributed by atoms with E-state index in [0.717, 1.165) is 40.4 Å². The average molecular weight is 602 g/mol. The molecule has 230 valence electrons. The van der Waals surface area contributed by atoms with Crippen LogP contribution in [0.15, 0.2) is 91.3 Å². The van der Waals surface area contributed by atoms with Crippen molar-refractivity contribution in [3.05, 3.63) is 114 Å². The minimum Gasteiger partial charge on any atom is -0.490 e. The van der Waals surface area contributed by atoms with Crippen molar-refractivity contribution in [2.45, 2.75) is 69.9 Å². The van der Waals surface area contributed by atoms with Gasteiger partial charge in [0.15, 0.2) is 0 Å². The lowest BCUT2D eigenvalue weighted by Gasteiger charge is -2.28. The highest BCUT2D eigenvalue weighted by atomic mass is 16.5. The lowest BCUT2D eigenvalue weighted by molar-refractivity contribution is 0.0599. The third-order valence-electron chi connectivity index (χ3n) is 9.37. The molecule has 0 aliphatic heterocycles. The van der Waals surface area contributed by atoms with Gasteiger partial charge in [0, 0.05) is 18.0 Å². The van der Waals surface area contributed by atoms with Crippen molar-refractivity contribution >= 4 is 5.97 Å². The minimum absolute atomic E-state index is 0.0742. The lowest BCUT2D eigenvalue weighted by Crippen LogP contribution is -2.25. The van der Waals surface area contributed by atoms with Crippen LogP contribution in [-0.2, 0) is 11.3 Å². The molecule has 0 saturated heterocycles. The predicted molar refractivity (Wildman–Crippen MR) is 173 cm³/mol. The second kappa shape index (κ2) is 12.7. The maximum absolute atomic E-state index is 12.9. The van der Waals surface area contributed by atoms with E-state index in [2.05, 4.69) is 59.7 Å². The molecule has 0 amide bonds. The van der Waals surface area contributed by atoms with Gasteiger partial charge in [-0.15, -0.1) is 5.10 Å². The Morgan fingerprint density at radius 3 is 2.51 bits per heavy atom. The highest BCUT2D eigenvalue weighted by molar-refractivity contribution is 5.91. The highest BCUT2D eigenvalue weighted by Crippen LogP contribution is 2.55. The van der Waals surface area contributed by atoms with Crippen LogP contribution in [0.1, 0.15) is 84.6 Å². The molecule has 45 heavy (non-hydrogen) atoms.